The van der Waals surface area contributed by atoms with Crippen molar-refractivity contribution in [3.8, 4) is 0 Å². The normalized spacial score (nSPS) is 10.1. The van der Waals surface area contributed by atoms with Gasteiger partial charge >= 0.3 is 55.9 Å². The van der Waals surface area contributed by atoms with Crippen LogP contribution in [0.3, 0.4) is 0 Å². The Labute approximate surface area is 172 Å². The van der Waals surface area contributed by atoms with Gasteiger partial charge in [-0.2, -0.15) is 17.9 Å². The molecule has 2 rings (SSSR count). The van der Waals surface area contributed by atoms with Crippen LogP contribution in [0.1, 0.15) is 0 Å². The third-order valence-electron chi connectivity index (χ3n) is 1.79. The number of aromatic nitrogens is 2. The van der Waals surface area contributed by atoms with Gasteiger partial charge in [0.2, 0.25) is 0 Å². The molecule has 0 aliphatic rings. The maximum atomic E-state index is 11.3. The second-order valence-electron chi connectivity index (χ2n) is 3.34. The van der Waals surface area contributed by atoms with Gasteiger partial charge in [-0.25, -0.2) is 0 Å². The first-order valence-corrected chi connectivity index (χ1v) is 8.73. The zero-order valence-electron chi connectivity index (χ0n) is 10.3. The van der Waals surface area contributed by atoms with Gasteiger partial charge in [-0.15, -0.1) is 0 Å². The zero-order valence-corrected chi connectivity index (χ0v) is 12.7. The zero-order chi connectivity index (χ0) is 15.9. The molecule has 0 aliphatic carbocycles. The van der Waals surface area contributed by atoms with E-state index in [0.29, 0.717) is 10.1 Å². The molecule has 0 fully saturated rings. The Kier molecular flexibility index (Phi) is 10.6. The molecule has 0 aliphatic heterocycles. The average molecular weight is 440 g/mol. The Balaban J connectivity index is 0.000000644. The number of pyridine rings is 2. The van der Waals surface area contributed by atoms with Crippen LogP contribution in [0.15, 0.2) is 58.8 Å². The van der Waals surface area contributed by atoms with E-state index in [1.807, 2.05) is 0 Å². The molecule has 2 heterocycles. The summed E-state index contributed by atoms with van der Waals surface area (Å²) in [5, 5.41) is 23.8. The van der Waals surface area contributed by atoms with E-state index in [4.69, 9.17) is 17.5 Å². The quantitative estimate of drug-likeness (QED) is 0.228. The van der Waals surface area contributed by atoms with Gasteiger partial charge in [-0.3, -0.25) is 9.11 Å². The summed E-state index contributed by atoms with van der Waals surface area (Å²) in [6.45, 7) is 0. The van der Waals surface area contributed by atoms with E-state index in [0.717, 1.165) is 9.46 Å². The van der Waals surface area contributed by atoms with Crippen molar-refractivity contribution in [1.82, 2.24) is 0 Å². The van der Waals surface area contributed by atoms with E-state index in [1.165, 1.54) is 34.0 Å². The summed E-state index contributed by atoms with van der Waals surface area (Å²) in [5.41, 5.74) is 0. The van der Waals surface area contributed by atoms with E-state index in [2.05, 4.69) is 0 Å². The van der Waals surface area contributed by atoms with E-state index < -0.39 is 10.4 Å². The van der Waals surface area contributed by atoms with Crippen LogP contribution in [-0.2, 0) is 10.4 Å². The van der Waals surface area contributed by atoms with Crippen molar-refractivity contribution in [2.24, 2.45) is 0 Å². The van der Waals surface area contributed by atoms with Crippen LogP contribution >= 0.6 is 21.6 Å². The summed E-state index contributed by atoms with van der Waals surface area (Å²) in [5.74, 6) is 0. The number of hydrogen-bond donors (Lipinski definition) is 2. The van der Waals surface area contributed by atoms with Gasteiger partial charge in [0.1, 0.15) is 0 Å². The number of rotatable bonds is 3. The molecule has 2 aromatic rings. The Morgan fingerprint density at radius 2 is 1.18 bits per heavy atom. The van der Waals surface area contributed by atoms with Gasteiger partial charge in [0.25, 0.3) is 10.1 Å². The topological polar surface area (TPSA) is 128 Å². The molecule has 8 nitrogen and oxygen atoms in total. The van der Waals surface area contributed by atoms with Gasteiger partial charge in [-0.1, -0.05) is 0 Å². The monoisotopic (exact) mass is 440 g/mol. The molecule has 22 heavy (non-hydrogen) atoms. The van der Waals surface area contributed by atoms with Crippen molar-refractivity contribution in [3.63, 3.8) is 0 Å². The van der Waals surface area contributed by atoms with Gasteiger partial charge in [0, 0.05) is 45.9 Å². The van der Waals surface area contributed by atoms with E-state index in [9.17, 15) is 10.4 Å². The summed E-state index contributed by atoms with van der Waals surface area (Å²) in [4.78, 5) is 0. The first-order valence-electron chi connectivity index (χ1n) is 5.18. The predicted octanol–water partition coefficient (Wildman–Crippen LogP) is 0.184. The molecular weight excluding hydrogens is 428 g/mol. The Morgan fingerprint density at radius 3 is 1.45 bits per heavy atom. The summed E-state index contributed by atoms with van der Waals surface area (Å²) < 4.78 is 33.1. The van der Waals surface area contributed by atoms with Crippen molar-refractivity contribution < 1.29 is 27.0 Å². The van der Waals surface area contributed by atoms with Crippen LogP contribution in [0.4, 0.5) is 0 Å². The van der Waals surface area contributed by atoms with Crippen molar-refractivity contribution in [2.45, 2.75) is 10.1 Å². The minimum absolute atomic E-state index is 0. The summed E-state index contributed by atoms with van der Waals surface area (Å²) in [6, 6.07) is 10.3. The van der Waals surface area contributed by atoms with E-state index in [1.54, 1.807) is 36.4 Å². The van der Waals surface area contributed by atoms with Crippen LogP contribution in [0.25, 0.3) is 0 Å². The Morgan fingerprint density at radius 1 is 0.864 bits per heavy atom. The fraction of sp³-hybridized carbons (Fsp3) is 0. The Bertz CT molecular complexity index is 647. The molecule has 0 saturated carbocycles. The van der Waals surface area contributed by atoms with E-state index >= 15 is 0 Å². The van der Waals surface area contributed by atoms with E-state index in [-0.39, 0.29) is 45.5 Å². The van der Waals surface area contributed by atoms with Gasteiger partial charge < -0.3 is 10.4 Å². The van der Waals surface area contributed by atoms with Crippen LogP contribution in [-0.4, -0.2) is 63.0 Å². The number of nitrogens with zero attached hydrogens (tertiary/aromatic N) is 2. The molecule has 2 aromatic heterocycles. The predicted molar refractivity (Wildman–Crippen MR) is 85.2 cm³/mol. The molecule has 0 saturated heterocycles. The van der Waals surface area contributed by atoms with Gasteiger partial charge in [0.05, 0.1) is 0 Å². The van der Waals surface area contributed by atoms with Gasteiger partial charge in [0.15, 0.2) is 12.4 Å². The fourth-order valence-electron chi connectivity index (χ4n) is 1.04. The SMILES string of the molecule is O=S(=O)(O)O.[O-][n+]1ccccc1SSc1cccc[n+]1[O-].[SrH2]. The van der Waals surface area contributed by atoms with Crippen LogP contribution in [0, 0.1) is 10.4 Å². The average Bonchev–Trinajstić information content (AvgIpc) is 2.37. The third-order valence-corrected chi connectivity index (χ3v) is 4.12. The van der Waals surface area contributed by atoms with Crippen molar-refractivity contribution in [3.05, 3.63) is 59.2 Å². The first kappa shape index (κ1) is 22.0. The molecule has 0 bridgehead atoms. The second-order valence-corrected chi connectivity index (χ2v) is 6.41. The van der Waals surface area contributed by atoms with Crippen LogP contribution in [0.2, 0.25) is 0 Å². The molecule has 0 atom stereocenters. The summed E-state index contributed by atoms with van der Waals surface area (Å²) in [7, 11) is -2.15. The summed E-state index contributed by atoms with van der Waals surface area (Å²) >= 11 is 0. The molecule has 12 heteroatoms. The molecule has 2 N–H and O–H groups in total. The van der Waals surface area contributed by atoms with Crippen LogP contribution < -0.4 is 9.46 Å². The molecular formula is C10H12N2O6S3Sr. The minimum atomic E-state index is -4.67. The first-order chi connectivity index (χ1) is 9.77. The van der Waals surface area contributed by atoms with Crippen molar-refractivity contribution in [2.75, 3.05) is 0 Å². The molecule has 118 valence electrons. The van der Waals surface area contributed by atoms with Crippen LogP contribution in [0.5, 0.6) is 0 Å². The van der Waals surface area contributed by atoms with Crippen molar-refractivity contribution in [1.29, 1.82) is 0 Å². The maximum absolute atomic E-state index is 11.3. The second kappa shape index (κ2) is 10.7. The Hall–Kier alpha value is -0.0495. The molecule has 0 aromatic carbocycles. The molecule has 0 spiro atoms. The molecule has 0 radical (unpaired) electrons. The molecule has 0 unspecified atom stereocenters. The third kappa shape index (κ3) is 9.86. The molecule has 0 amide bonds. The number of hydrogen-bond acceptors (Lipinski definition) is 6. The summed E-state index contributed by atoms with van der Waals surface area (Å²) in [6.07, 6.45) is 2.86. The van der Waals surface area contributed by atoms with Gasteiger partial charge in [-0.05, 0) is 12.1 Å². The standard InChI is InChI=1S/C10H8N2O2S2.H2O4S.Sr.2H/c13-11-7-3-1-5-9(11)15-16-10-6-2-4-8-12(10)14;1-5(2,3)4;;;/h1-8H;(H2,1,2,3,4);;;. The fourth-order valence-corrected chi connectivity index (χ4v) is 3.03. The van der Waals surface area contributed by atoms with Crippen molar-refractivity contribution >= 4 is 77.5 Å².